The van der Waals surface area contributed by atoms with Gasteiger partial charge in [-0.1, -0.05) is 18.9 Å². The summed E-state index contributed by atoms with van der Waals surface area (Å²) in [6.07, 6.45) is 3.76. The molecule has 0 heterocycles. The van der Waals surface area contributed by atoms with Gasteiger partial charge in [-0.15, -0.1) is 0 Å². The summed E-state index contributed by atoms with van der Waals surface area (Å²) in [5.41, 5.74) is 0.474. The first-order valence-electron chi connectivity index (χ1n) is 6.38. The number of amides is 1. The molecule has 1 saturated carbocycles. The SMILES string of the molecule is O=C(Nc1cccc(F)c1)C1CCCCC1CO. The van der Waals surface area contributed by atoms with E-state index >= 15 is 0 Å². The normalized spacial score (nSPS) is 23.7. The number of halogens is 1. The van der Waals surface area contributed by atoms with Crippen LogP contribution < -0.4 is 5.32 Å². The molecule has 98 valence electrons. The molecular weight excluding hydrogens is 233 g/mol. The van der Waals surface area contributed by atoms with Crippen LogP contribution in [0, 0.1) is 17.7 Å². The van der Waals surface area contributed by atoms with Crippen LogP contribution in [0.15, 0.2) is 24.3 Å². The standard InChI is InChI=1S/C14H18FNO2/c15-11-5-3-6-12(8-11)16-14(18)13-7-2-1-4-10(13)9-17/h3,5-6,8,10,13,17H,1-2,4,7,9H2,(H,16,18). The molecule has 2 rings (SSSR count). The van der Waals surface area contributed by atoms with E-state index in [1.807, 2.05) is 0 Å². The smallest absolute Gasteiger partial charge is 0.227 e. The lowest BCUT2D eigenvalue weighted by atomic mass is 9.79. The minimum atomic E-state index is -0.366. The number of anilines is 1. The van der Waals surface area contributed by atoms with Crippen molar-refractivity contribution < 1.29 is 14.3 Å². The molecule has 18 heavy (non-hydrogen) atoms. The summed E-state index contributed by atoms with van der Waals surface area (Å²) < 4.78 is 13.0. The molecule has 1 amide bonds. The number of hydrogen-bond acceptors (Lipinski definition) is 2. The number of carbonyl (C=O) groups is 1. The Labute approximate surface area is 106 Å². The highest BCUT2D eigenvalue weighted by Gasteiger charge is 2.30. The maximum Gasteiger partial charge on any atom is 0.227 e. The van der Waals surface area contributed by atoms with Crippen LogP contribution in [0.5, 0.6) is 0 Å². The highest BCUT2D eigenvalue weighted by molar-refractivity contribution is 5.92. The maximum absolute atomic E-state index is 13.0. The van der Waals surface area contributed by atoms with Crippen molar-refractivity contribution in [2.45, 2.75) is 25.7 Å². The summed E-state index contributed by atoms with van der Waals surface area (Å²) in [5.74, 6) is -0.603. The van der Waals surface area contributed by atoms with Crippen LogP contribution in [0.3, 0.4) is 0 Å². The Hall–Kier alpha value is -1.42. The summed E-state index contributed by atoms with van der Waals surface area (Å²) in [6.45, 7) is 0.0429. The lowest BCUT2D eigenvalue weighted by Crippen LogP contribution is -2.33. The summed E-state index contributed by atoms with van der Waals surface area (Å²) in [6, 6.07) is 5.87. The van der Waals surface area contributed by atoms with Crippen molar-refractivity contribution in [1.29, 1.82) is 0 Å². The average Bonchev–Trinajstić information content (AvgIpc) is 2.38. The Balaban J connectivity index is 2.02. The Kier molecular flexibility index (Phi) is 4.31. The van der Waals surface area contributed by atoms with Gasteiger partial charge in [0.1, 0.15) is 5.82 Å². The molecule has 0 saturated heterocycles. The van der Waals surface area contributed by atoms with E-state index in [1.165, 1.54) is 12.1 Å². The Morgan fingerprint density at radius 3 is 2.89 bits per heavy atom. The maximum atomic E-state index is 13.0. The van der Waals surface area contributed by atoms with Crippen LogP contribution in [-0.2, 0) is 4.79 Å². The van der Waals surface area contributed by atoms with Gasteiger partial charge in [0.05, 0.1) is 0 Å². The molecule has 0 aromatic heterocycles. The molecule has 0 radical (unpaired) electrons. The van der Waals surface area contributed by atoms with Crippen LogP contribution in [0.1, 0.15) is 25.7 Å². The van der Waals surface area contributed by atoms with Gasteiger partial charge in [0.25, 0.3) is 0 Å². The highest BCUT2D eigenvalue weighted by atomic mass is 19.1. The summed E-state index contributed by atoms with van der Waals surface area (Å²) >= 11 is 0. The predicted molar refractivity (Wildman–Crippen MR) is 67.6 cm³/mol. The zero-order chi connectivity index (χ0) is 13.0. The Morgan fingerprint density at radius 2 is 2.17 bits per heavy atom. The topological polar surface area (TPSA) is 49.3 Å². The third kappa shape index (κ3) is 3.07. The molecule has 0 spiro atoms. The van der Waals surface area contributed by atoms with Gasteiger partial charge in [-0.25, -0.2) is 4.39 Å². The molecule has 1 fully saturated rings. The fraction of sp³-hybridized carbons (Fsp3) is 0.500. The van der Waals surface area contributed by atoms with Gasteiger partial charge in [-0.3, -0.25) is 4.79 Å². The zero-order valence-electron chi connectivity index (χ0n) is 10.2. The predicted octanol–water partition coefficient (Wildman–Crippen LogP) is 2.56. The lowest BCUT2D eigenvalue weighted by molar-refractivity contribution is -0.123. The van der Waals surface area contributed by atoms with Crippen molar-refractivity contribution in [3.05, 3.63) is 30.1 Å². The third-order valence-corrected chi connectivity index (χ3v) is 3.57. The fourth-order valence-electron chi connectivity index (χ4n) is 2.57. The van der Waals surface area contributed by atoms with Gasteiger partial charge in [0.15, 0.2) is 0 Å². The van der Waals surface area contributed by atoms with Gasteiger partial charge in [0.2, 0.25) is 5.91 Å². The first kappa shape index (κ1) is 13.0. The van der Waals surface area contributed by atoms with E-state index in [2.05, 4.69) is 5.32 Å². The molecule has 1 aromatic rings. The van der Waals surface area contributed by atoms with E-state index in [-0.39, 0.29) is 30.2 Å². The number of carbonyl (C=O) groups excluding carboxylic acids is 1. The number of rotatable bonds is 3. The number of hydrogen-bond donors (Lipinski definition) is 2. The molecule has 3 nitrogen and oxygen atoms in total. The number of benzene rings is 1. The second-order valence-electron chi connectivity index (χ2n) is 4.83. The Bertz CT molecular complexity index is 422. The van der Waals surface area contributed by atoms with E-state index in [0.29, 0.717) is 5.69 Å². The average molecular weight is 251 g/mol. The Morgan fingerprint density at radius 1 is 1.39 bits per heavy atom. The lowest BCUT2D eigenvalue weighted by Gasteiger charge is -2.29. The van der Waals surface area contributed by atoms with Crippen LogP contribution in [0.4, 0.5) is 10.1 Å². The van der Waals surface area contributed by atoms with Crippen LogP contribution in [-0.4, -0.2) is 17.6 Å². The second-order valence-corrected chi connectivity index (χ2v) is 4.83. The molecule has 0 aliphatic heterocycles. The molecule has 1 aliphatic carbocycles. The molecule has 4 heteroatoms. The van der Waals surface area contributed by atoms with Crippen molar-refractivity contribution in [1.82, 2.24) is 0 Å². The quantitative estimate of drug-likeness (QED) is 0.867. The van der Waals surface area contributed by atoms with Crippen molar-refractivity contribution >= 4 is 11.6 Å². The molecule has 2 unspecified atom stereocenters. The van der Waals surface area contributed by atoms with Gasteiger partial charge < -0.3 is 10.4 Å². The van der Waals surface area contributed by atoms with Gasteiger partial charge in [-0.2, -0.15) is 0 Å². The first-order chi connectivity index (χ1) is 8.70. The van der Waals surface area contributed by atoms with Gasteiger partial charge >= 0.3 is 0 Å². The van der Waals surface area contributed by atoms with Crippen LogP contribution >= 0.6 is 0 Å². The van der Waals surface area contributed by atoms with E-state index in [4.69, 9.17) is 0 Å². The van der Waals surface area contributed by atoms with Gasteiger partial charge in [-0.05, 0) is 37.0 Å². The minimum absolute atomic E-state index is 0.0345. The van der Waals surface area contributed by atoms with Crippen molar-refractivity contribution in [3.63, 3.8) is 0 Å². The van der Waals surface area contributed by atoms with E-state index < -0.39 is 0 Å². The van der Waals surface area contributed by atoms with Crippen LogP contribution in [0.25, 0.3) is 0 Å². The van der Waals surface area contributed by atoms with Crippen LogP contribution in [0.2, 0.25) is 0 Å². The monoisotopic (exact) mass is 251 g/mol. The molecule has 2 N–H and O–H groups in total. The molecular formula is C14H18FNO2. The molecule has 1 aromatic carbocycles. The summed E-state index contributed by atoms with van der Waals surface area (Å²) in [5, 5.41) is 12.0. The minimum Gasteiger partial charge on any atom is -0.396 e. The van der Waals surface area contributed by atoms with Crippen molar-refractivity contribution in [2.24, 2.45) is 11.8 Å². The molecule has 0 bridgehead atoms. The van der Waals surface area contributed by atoms with E-state index in [1.54, 1.807) is 12.1 Å². The van der Waals surface area contributed by atoms with Crippen molar-refractivity contribution in [2.75, 3.05) is 11.9 Å². The highest BCUT2D eigenvalue weighted by Crippen LogP contribution is 2.30. The van der Waals surface area contributed by atoms with Gasteiger partial charge in [0, 0.05) is 18.2 Å². The van der Waals surface area contributed by atoms with E-state index in [0.717, 1.165) is 25.7 Å². The van der Waals surface area contributed by atoms with Crippen molar-refractivity contribution in [3.8, 4) is 0 Å². The number of aliphatic hydroxyl groups is 1. The number of nitrogens with one attached hydrogen (secondary N) is 1. The number of aliphatic hydroxyl groups excluding tert-OH is 1. The zero-order valence-corrected chi connectivity index (χ0v) is 10.2. The molecule has 1 aliphatic rings. The largest absolute Gasteiger partial charge is 0.396 e. The fourth-order valence-corrected chi connectivity index (χ4v) is 2.57. The summed E-state index contributed by atoms with van der Waals surface area (Å²) in [7, 11) is 0. The van der Waals surface area contributed by atoms with E-state index in [9.17, 15) is 14.3 Å². The molecule has 2 atom stereocenters. The third-order valence-electron chi connectivity index (χ3n) is 3.57. The first-order valence-corrected chi connectivity index (χ1v) is 6.38. The summed E-state index contributed by atoms with van der Waals surface area (Å²) in [4.78, 5) is 12.1. The second kappa shape index (κ2) is 5.96.